The van der Waals surface area contributed by atoms with Gasteiger partial charge in [0.1, 0.15) is 11.8 Å². The van der Waals surface area contributed by atoms with Crippen molar-refractivity contribution < 1.29 is 14.3 Å². The summed E-state index contributed by atoms with van der Waals surface area (Å²) in [7, 11) is 0. The standard InChI is InChI=1S/C25H25BrCl2N2O3/c1-3-12-29-25(32)16(2)30(14-18-8-10-19(27)13-21(18)28)23(31)15-33-22-11-9-17-6-4-5-7-20(17)24(22)26/h4-11,13,16H,3,12,14-15H2,1-2H3,(H,29,32). The fourth-order valence-corrected chi connectivity index (χ4v) is 4.44. The van der Waals surface area contributed by atoms with E-state index >= 15 is 0 Å². The minimum atomic E-state index is -0.709. The summed E-state index contributed by atoms with van der Waals surface area (Å²) in [6, 6.07) is 16.0. The maximum atomic E-state index is 13.2. The van der Waals surface area contributed by atoms with Crippen molar-refractivity contribution in [3.05, 3.63) is 74.7 Å². The predicted molar refractivity (Wildman–Crippen MR) is 137 cm³/mol. The third-order valence-corrected chi connectivity index (χ3v) is 6.66. The highest BCUT2D eigenvalue weighted by atomic mass is 79.9. The lowest BCUT2D eigenvalue weighted by molar-refractivity contribution is -0.142. The van der Waals surface area contributed by atoms with E-state index in [4.69, 9.17) is 27.9 Å². The number of rotatable bonds is 9. The highest BCUT2D eigenvalue weighted by Crippen LogP contribution is 2.33. The minimum absolute atomic E-state index is 0.151. The van der Waals surface area contributed by atoms with E-state index in [2.05, 4.69) is 21.2 Å². The normalized spacial score (nSPS) is 11.8. The van der Waals surface area contributed by atoms with Gasteiger partial charge in [0.2, 0.25) is 5.91 Å². The van der Waals surface area contributed by atoms with Crippen LogP contribution in [0.25, 0.3) is 10.8 Å². The Morgan fingerprint density at radius 1 is 1.12 bits per heavy atom. The Hall–Kier alpha value is -2.28. The Labute approximate surface area is 212 Å². The van der Waals surface area contributed by atoms with Crippen LogP contribution in [0.4, 0.5) is 0 Å². The number of ether oxygens (including phenoxy) is 1. The Bertz CT molecular complexity index is 1160. The summed E-state index contributed by atoms with van der Waals surface area (Å²) in [6.45, 7) is 4.12. The van der Waals surface area contributed by atoms with Crippen LogP contribution in [0.5, 0.6) is 5.75 Å². The molecule has 0 saturated carbocycles. The molecular formula is C25H25BrCl2N2O3. The number of carbonyl (C=O) groups is 2. The lowest BCUT2D eigenvalue weighted by Crippen LogP contribution is -2.49. The largest absolute Gasteiger partial charge is 0.483 e. The molecule has 3 aromatic carbocycles. The molecule has 174 valence electrons. The van der Waals surface area contributed by atoms with E-state index in [9.17, 15) is 9.59 Å². The summed E-state index contributed by atoms with van der Waals surface area (Å²) >= 11 is 15.9. The Morgan fingerprint density at radius 2 is 1.88 bits per heavy atom. The monoisotopic (exact) mass is 550 g/mol. The molecule has 0 bridgehead atoms. The van der Waals surface area contributed by atoms with Crippen LogP contribution in [0, 0.1) is 0 Å². The number of fused-ring (bicyclic) bond motifs is 1. The molecule has 0 aromatic heterocycles. The van der Waals surface area contributed by atoms with Crippen LogP contribution < -0.4 is 10.1 Å². The minimum Gasteiger partial charge on any atom is -0.483 e. The quantitative estimate of drug-likeness (QED) is 0.343. The number of hydrogen-bond donors (Lipinski definition) is 1. The highest BCUT2D eigenvalue weighted by Gasteiger charge is 2.27. The molecule has 0 aliphatic carbocycles. The van der Waals surface area contributed by atoms with Gasteiger partial charge < -0.3 is 15.0 Å². The Morgan fingerprint density at radius 3 is 2.61 bits per heavy atom. The molecule has 1 N–H and O–H groups in total. The fraction of sp³-hybridized carbons (Fsp3) is 0.280. The zero-order valence-corrected chi connectivity index (χ0v) is 21.5. The van der Waals surface area contributed by atoms with Gasteiger partial charge in [-0.2, -0.15) is 0 Å². The van der Waals surface area contributed by atoms with Crippen molar-refractivity contribution in [1.82, 2.24) is 10.2 Å². The van der Waals surface area contributed by atoms with Gasteiger partial charge in [0.05, 0.1) is 4.47 Å². The van der Waals surface area contributed by atoms with E-state index in [1.54, 1.807) is 25.1 Å². The molecule has 33 heavy (non-hydrogen) atoms. The smallest absolute Gasteiger partial charge is 0.261 e. The van der Waals surface area contributed by atoms with Crippen LogP contribution in [-0.2, 0) is 16.1 Å². The van der Waals surface area contributed by atoms with Crippen LogP contribution >= 0.6 is 39.1 Å². The number of nitrogens with zero attached hydrogens (tertiary/aromatic N) is 1. The van der Waals surface area contributed by atoms with E-state index in [1.807, 2.05) is 43.3 Å². The van der Waals surface area contributed by atoms with Gasteiger partial charge in [-0.15, -0.1) is 0 Å². The van der Waals surface area contributed by atoms with Gasteiger partial charge in [0.25, 0.3) is 5.91 Å². The van der Waals surface area contributed by atoms with Gasteiger partial charge in [-0.1, -0.05) is 66.5 Å². The molecule has 8 heteroatoms. The number of hydrogen-bond acceptors (Lipinski definition) is 3. The first kappa shape index (κ1) is 25.3. The van der Waals surface area contributed by atoms with E-state index in [1.165, 1.54) is 4.90 Å². The first-order valence-corrected chi connectivity index (χ1v) is 12.2. The molecule has 0 aliphatic heterocycles. The molecule has 3 rings (SSSR count). The third kappa shape index (κ3) is 6.40. The summed E-state index contributed by atoms with van der Waals surface area (Å²) in [5.41, 5.74) is 0.691. The molecule has 0 saturated heterocycles. The van der Waals surface area contributed by atoms with Gasteiger partial charge in [0.15, 0.2) is 6.61 Å². The summed E-state index contributed by atoms with van der Waals surface area (Å²) in [4.78, 5) is 27.3. The van der Waals surface area contributed by atoms with E-state index < -0.39 is 6.04 Å². The van der Waals surface area contributed by atoms with Crippen molar-refractivity contribution in [3.8, 4) is 5.75 Å². The number of benzene rings is 3. The number of carbonyl (C=O) groups excluding carboxylic acids is 2. The first-order chi connectivity index (χ1) is 15.8. The SMILES string of the molecule is CCCNC(=O)C(C)N(Cc1ccc(Cl)cc1Cl)C(=O)COc1ccc2ccccc2c1Br. The van der Waals surface area contributed by atoms with E-state index in [-0.39, 0.29) is 25.0 Å². The fourth-order valence-electron chi connectivity index (χ4n) is 3.36. The van der Waals surface area contributed by atoms with Crippen LogP contribution in [-0.4, -0.2) is 35.9 Å². The van der Waals surface area contributed by atoms with Crippen LogP contribution in [0.1, 0.15) is 25.8 Å². The summed E-state index contributed by atoms with van der Waals surface area (Å²) < 4.78 is 6.63. The van der Waals surface area contributed by atoms with E-state index in [0.717, 1.165) is 21.7 Å². The van der Waals surface area contributed by atoms with Crippen molar-refractivity contribution >= 4 is 61.7 Å². The molecule has 1 unspecified atom stereocenters. The van der Waals surface area contributed by atoms with Crippen molar-refractivity contribution in [2.24, 2.45) is 0 Å². The lowest BCUT2D eigenvalue weighted by Gasteiger charge is -2.29. The third-order valence-electron chi connectivity index (χ3n) is 5.25. The maximum absolute atomic E-state index is 13.2. The summed E-state index contributed by atoms with van der Waals surface area (Å²) in [5, 5.41) is 5.82. The summed E-state index contributed by atoms with van der Waals surface area (Å²) in [6.07, 6.45) is 0.800. The average Bonchev–Trinajstić information content (AvgIpc) is 2.81. The molecule has 1 atom stereocenters. The molecule has 5 nitrogen and oxygen atoms in total. The topological polar surface area (TPSA) is 58.6 Å². The molecule has 3 aromatic rings. The molecule has 0 aliphatic rings. The second-order valence-corrected chi connectivity index (χ2v) is 9.25. The van der Waals surface area contributed by atoms with E-state index in [0.29, 0.717) is 27.9 Å². The zero-order chi connectivity index (χ0) is 24.0. The van der Waals surface area contributed by atoms with Crippen molar-refractivity contribution in [2.75, 3.05) is 13.2 Å². The molecule has 0 spiro atoms. The van der Waals surface area contributed by atoms with Gasteiger partial charge in [-0.05, 0) is 63.8 Å². The Kier molecular flexibility index (Phi) is 9.01. The van der Waals surface area contributed by atoms with Crippen LogP contribution in [0.15, 0.2) is 59.1 Å². The highest BCUT2D eigenvalue weighted by molar-refractivity contribution is 9.10. The number of amides is 2. The van der Waals surface area contributed by atoms with Gasteiger partial charge in [-0.25, -0.2) is 0 Å². The average molecular weight is 552 g/mol. The van der Waals surface area contributed by atoms with Crippen molar-refractivity contribution in [3.63, 3.8) is 0 Å². The van der Waals surface area contributed by atoms with Gasteiger partial charge >= 0.3 is 0 Å². The Balaban J connectivity index is 1.80. The zero-order valence-electron chi connectivity index (χ0n) is 18.4. The predicted octanol–water partition coefficient (Wildman–Crippen LogP) is 6.23. The lowest BCUT2D eigenvalue weighted by atomic mass is 10.1. The van der Waals surface area contributed by atoms with Crippen molar-refractivity contribution in [2.45, 2.75) is 32.9 Å². The second kappa shape index (κ2) is 11.7. The molecule has 0 fully saturated rings. The number of nitrogens with one attached hydrogen (secondary N) is 1. The second-order valence-electron chi connectivity index (χ2n) is 7.61. The van der Waals surface area contributed by atoms with Gasteiger partial charge in [0, 0.05) is 23.1 Å². The first-order valence-electron chi connectivity index (χ1n) is 10.6. The molecular weight excluding hydrogens is 527 g/mol. The molecule has 0 heterocycles. The van der Waals surface area contributed by atoms with Crippen LogP contribution in [0.2, 0.25) is 10.0 Å². The molecule has 2 amide bonds. The van der Waals surface area contributed by atoms with Crippen LogP contribution in [0.3, 0.4) is 0 Å². The number of halogens is 3. The maximum Gasteiger partial charge on any atom is 0.261 e. The molecule has 0 radical (unpaired) electrons. The summed E-state index contributed by atoms with van der Waals surface area (Å²) in [5.74, 6) is -0.0167. The van der Waals surface area contributed by atoms with Gasteiger partial charge in [-0.3, -0.25) is 9.59 Å². The van der Waals surface area contributed by atoms with Crippen molar-refractivity contribution in [1.29, 1.82) is 0 Å².